The zero-order valence-electron chi connectivity index (χ0n) is 30.0. The quantitative estimate of drug-likeness (QED) is 0.129. The number of anilines is 1. The summed E-state index contributed by atoms with van der Waals surface area (Å²) in [6.45, 7) is 14.5. The van der Waals surface area contributed by atoms with Crippen LogP contribution < -0.4 is 10.6 Å². The molecule has 0 unspecified atom stereocenters. The molecule has 2 aromatic heterocycles. The third-order valence-electron chi connectivity index (χ3n) is 10.4. The van der Waals surface area contributed by atoms with Crippen molar-refractivity contribution in [3.8, 4) is 5.00 Å². The lowest BCUT2D eigenvalue weighted by atomic mass is 9.93. The minimum absolute atomic E-state index is 0.0376. The summed E-state index contributed by atoms with van der Waals surface area (Å²) in [6, 6.07) is 13.3. The van der Waals surface area contributed by atoms with Crippen molar-refractivity contribution in [2.75, 3.05) is 25.0 Å². The molecule has 7 rings (SSSR count). The van der Waals surface area contributed by atoms with Crippen molar-refractivity contribution in [3.05, 3.63) is 110 Å². The Hall–Kier alpha value is -4.87. The van der Waals surface area contributed by atoms with E-state index in [0.29, 0.717) is 29.7 Å². The van der Waals surface area contributed by atoms with Crippen molar-refractivity contribution in [3.63, 3.8) is 0 Å². The summed E-state index contributed by atoms with van der Waals surface area (Å²) < 4.78 is 2.07. The first-order chi connectivity index (χ1) is 25.1. The van der Waals surface area contributed by atoms with Gasteiger partial charge < -0.3 is 15.5 Å². The van der Waals surface area contributed by atoms with Crippen molar-refractivity contribution < 1.29 is 9.59 Å². The fourth-order valence-electron chi connectivity index (χ4n) is 7.28. The molecule has 0 spiro atoms. The summed E-state index contributed by atoms with van der Waals surface area (Å²) in [5.74, 6) is 2.79. The van der Waals surface area contributed by atoms with Crippen LogP contribution in [-0.2, 0) is 16.0 Å². The zero-order chi connectivity index (χ0) is 36.5. The van der Waals surface area contributed by atoms with Gasteiger partial charge in [-0.05, 0) is 112 Å². The monoisotopic (exact) mass is 734 g/mol. The van der Waals surface area contributed by atoms with Crippen molar-refractivity contribution in [1.29, 1.82) is 0 Å². The molecule has 5 heterocycles. The number of amides is 2. The summed E-state index contributed by atoms with van der Waals surface area (Å²) >= 11 is 7.95. The third-order valence-corrected chi connectivity index (χ3v) is 11.8. The first kappa shape index (κ1) is 35.5. The largest absolute Gasteiger partial charge is 0.357 e. The number of carbonyl (C=O) groups excluding carboxylic acids is 2. The molecule has 4 aromatic rings. The molecule has 10 nitrogen and oxygen atoms in total. The second-order valence-corrected chi connectivity index (χ2v) is 15.4. The summed E-state index contributed by atoms with van der Waals surface area (Å²) in [7, 11) is 0. The maximum absolute atomic E-state index is 13.5. The van der Waals surface area contributed by atoms with Crippen LogP contribution in [0.2, 0.25) is 5.02 Å². The highest BCUT2D eigenvalue weighted by molar-refractivity contribution is 7.15. The second-order valence-electron chi connectivity index (χ2n) is 13.8. The van der Waals surface area contributed by atoms with E-state index in [0.717, 1.165) is 93.8 Å². The predicted molar refractivity (Wildman–Crippen MR) is 210 cm³/mol. The van der Waals surface area contributed by atoms with Crippen molar-refractivity contribution in [2.24, 2.45) is 15.9 Å². The summed E-state index contributed by atoms with van der Waals surface area (Å²) in [4.78, 5) is 38.3. The Bertz CT molecular complexity index is 2140. The van der Waals surface area contributed by atoms with Crippen LogP contribution in [-0.4, -0.2) is 63.5 Å². The molecule has 3 aliphatic heterocycles. The van der Waals surface area contributed by atoms with E-state index in [2.05, 4.69) is 74.9 Å². The molecule has 2 aromatic carbocycles. The average molecular weight is 735 g/mol. The van der Waals surface area contributed by atoms with Crippen molar-refractivity contribution in [2.45, 2.75) is 65.8 Å². The van der Waals surface area contributed by atoms with E-state index < -0.39 is 6.04 Å². The Balaban J connectivity index is 0.965. The number of piperidine rings is 1. The van der Waals surface area contributed by atoms with Crippen LogP contribution in [0.25, 0.3) is 10.6 Å². The number of benzene rings is 2. The summed E-state index contributed by atoms with van der Waals surface area (Å²) in [5.41, 5.74) is 8.12. The fourth-order valence-corrected chi connectivity index (χ4v) is 8.62. The number of likely N-dealkylation sites (tertiary alicyclic amines) is 1. The van der Waals surface area contributed by atoms with Gasteiger partial charge in [-0.3, -0.25) is 19.1 Å². The van der Waals surface area contributed by atoms with Gasteiger partial charge in [-0.1, -0.05) is 35.9 Å². The van der Waals surface area contributed by atoms with Gasteiger partial charge in [0, 0.05) is 46.3 Å². The Labute approximate surface area is 313 Å². The molecule has 268 valence electrons. The van der Waals surface area contributed by atoms with Gasteiger partial charge >= 0.3 is 0 Å². The molecular formula is C40H43ClN8O2S. The number of thiophene rings is 1. The van der Waals surface area contributed by atoms with E-state index in [1.807, 2.05) is 49.4 Å². The zero-order valence-corrected chi connectivity index (χ0v) is 31.6. The Morgan fingerprint density at radius 1 is 1.12 bits per heavy atom. The van der Waals surface area contributed by atoms with Crippen LogP contribution in [0.15, 0.2) is 70.4 Å². The molecule has 1 saturated heterocycles. The molecule has 0 aliphatic carbocycles. The number of fused-ring (bicyclic) bond motifs is 4. The van der Waals surface area contributed by atoms with Crippen molar-refractivity contribution >= 4 is 58.4 Å². The van der Waals surface area contributed by atoms with Gasteiger partial charge in [0.1, 0.15) is 22.7 Å². The molecule has 52 heavy (non-hydrogen) atoms. The van der Waals surface area contributed by atoms with Gasteiger partial charge in [0.15, 0.2) is 5.82 Å². The number of aliphatic imine (C=N–C) groups is 2. The number of hydrogen-bond acceptors (Lipinski definition) is 8. The Morgan fingerprint density at radius 3 is 2.63 bits per heavy atom. The normalized spacial score (nSPS) is 17.6. The Morgan fingerprint density at radius 2 is 1.88 bits per heavy atom. The van der Waals surface area contributed by atoms with Gasteiger partial charge in [0.05, 0.1) is 18.6 Å². The van der Waals surface area contributed by atoms with E-state index in [1.54, 1.807) is 11.3 Å². The first-order valence-electron chi connectivity index (χ1n) is 17.8. The van der Waals surface area contributed by atoms with E-state index in [4.69, 9.17) is 16.6 Å². The lowest BCUT2D eigenvalue weighted by Crippen LogP contribution is -2.34. The molecule has 0 saturated carbocycles. The topological polar surface area (TPSA) is 117 Å². The number of halogens is 1. The second kappa shape index (κ2) is 15.0. The number of carbonyl (C=O) groups is 2. The van der Waals surface area contributed by atoms with E-state index in [1.165, 1.54) is 4.88 Å². The highest BCUT2D eigenvalue weighted by Gasteiger charge is 2.32. The van der Waals surface area contributed by atoms with Crippen molar-refractivity contribution in [1.82, 2.24) is 25.0 Å². The van der Waals surface area contributed by atoms with Gasteiger partial charge in [-0.25, -0.2) is 4.99 Å². The van der Waals surface area contributed by atoms with Crippen LogP contribution in [0.5, 0.6) is 0 Å². The number of aryl methyl sites for hydroxylation is 2. The summed E-state index contributed by atoms with van der Waals surface area (Å²) in [5, 5.41) is 16.7. The highest BCUT2D eigenvalue weighted by atomic mass is 35.5. The molecule has 3 aliphatic rings. The predicted octanol–water partition coefficient (Wildman–Crippen LogP) is 7.55. The van der Waals surface area contributed by atoms with Crippen LogP contribution in [0, 0.1) is 26.7 Å². The maximum Gasteiger partial charge on any atom is 0.228 e. The van der Waals surface area contributed by atoms with Crippen LogP contribution >= 0.6 is 22.9 Å². The van der Waals surface area contributed by atoms with Crippen LogP contribution in [0.1, 0.15) is 83.0 Å². The molecule has 2 N–H and O–H groups in total. The average Bonchev–Trinajstić information content (AvgIpc) is 3.77. The molecule has 1 fully saturated rings. The SMILES string of the molecule is C=N/C(=C\C=C(/C)c1ccc2c(c1)CC(=O)N2)N1CCC(CCNC(=O)C[C@@H]2N=C(c3ccc(Cl)cc3)c3c(sc(C)c3C)-n3c(C)nnc32)CC1. The van der Waals surface area contributed by atoms with Gasteiger partial charge in [-0.15, -0.1) is 21.5 Å². The van der Waals surface area contributed by atoms with E-state index in [9.17, 15) is 9.59 Å². The maximum atomic E-state index is 13.5. The molecule has 12 heteroatoms. The minimum atomic E-state index is -0.493. The number of rotatable bonds is 10. The number of allylic oxidation sites excluding steroid dienone is 3. The highest BCUT2D eigenvalue weighted by Crippen LogP contribution is 2.39. The van der Waals surface area contributed by atoms with E-state index >= 15 is 0 Å². The molecule has 2 amide bonds. The van der Waals surface area contributed by atoms with E-state index in [-0.39, 0.29) is 18.2 Å². The van der Waals surface area contributed by atoms with Gasteiger partial charge in [0.25, 0.3) is 0 Å². The fraction of sp³-hybridized carbons (Fsp3) is 0.350. The molecule has 1 atom stereocenters. The molecule has 0 bridgehead atoms. The first-order valence-corrected chi connectivity index (χ1v) is 19.0. The molecular weight excluding hydrogens is 692 g/mol. The molecule has 0 radical (unpaired) electrons. The van der Waals surface area contributed by atoms with Gasteiger partial charge in [0.2, 0.25) is 11.8 Å². The standard InChI is InChI=1S/C40H43ClN8O2S/c1-23(29-9-12-32-30(20-29)21-36(51)44-32)6-13-34(42-5)48-18-15-27(16-19-48)14-17-43-35(50)22-33-39-47-46-26(4)49(39)40-37(24(2)25(3)52-40)38(45-33)28-7-10-31(41)11-8-28/h6-13,20,27,33H,5,14-19,21-22H2,1-4H3,(H,43,50)(H,44,51)/b23-6+,34-13+/t33-/m0/s1. The lowest BCUT2D eigenvalue weighted by molar-refractivity contribution is -0.121. The summed E-state index contributed by atoms with van der Waals surface area (Å²) in [6.07, 6.45) is 7.62. The van der Waals surface area contributed by atoms with Gasteiger partial charge in [-0.2, -0.15) is 0 Å². The minimum Gasteiger partial charge on any atom is -0.357 e. The number of nitrogens with one attached hydrogen (secondary N) is 2. The smallest absolute Gasteiger partial charge is 0.228 e. The number of aromatic nitrogens is 3. The Kier molecular flexibility index (Phi) is 10.3. The van der Waals surface area contributed by atoms with Crippen LogP contribution in [0.4, 0.5) is 5.69 Å². The number of hydrogen-bond donors (Lipinski definition) is 2. The third kappa shape index (κ3) is 7.25. The van der Waals surface area contributed by atoms with Crippen LogP contribution in [0.3, 0.4) is 0 Å². The lowest BCUT2D eigenvalue weighted by Gasteiger charge is -2.33. The number of nitrogens with zero attached hydrogens (tertiary/aromatic N) is 6.